The molecule has 0 aliphatic carbocycles. The SMILES string of the molecule is O=C(NCc1ccc(Cl)cc1Cl)/C(=C/c1cccs1)NC(=O)c1ccccc1. The van der Waals surface area contributed by atoms with E-state index >= 15 is 0 Å². The van der Waals surface area contributed by atoms with Crippen molar-refractivity contribution in [1.82, 2.24) is 10.6 Å². The van der Waals surface area contributed by atoms with E-state index in [0.717, 1.165) is 10.4 Å². The van der Waals surface area contributed by atoms with Crippen molar-refractivity contribution in [3.8, 4) is 0 Å². The van der Waals surface area contributed by atoms with Gasteiger partial charge in [-0.25, -0.2) is 0 Å². The number of carbonyl (C=O) groups is 2. The highest BCUT2D eigenvalue weighted by atomic mass is 35.5. The van der Waals surface area contributed by atoms with Crippen LogP contribution in [-0.2, 0) is 11.3 Å². The smallest absolute Gasteiger partial charge is 0.268 e. The Morgan fingerprint density at radius 3 is 2.46 bits per heavy atom. The van der Waals surface area contributed by atoms with Gasteiger partial charge in [0.1, 0.15) is 5.70 Å². The van der Waals surface area contributed by atoms with E-state index in [9.17, 15) is 9.59 Å². The maximum absolute atomic E-state index is 12.7. The van der Waals surface area contributed by atoms with E-state index < -0.39 is 5.91 Å². The largest absolute Gasteiger partial charge is 0.347 e. The van der Waals surface area contributed by atoms with Crippen LogP contribution in [0.4, 0.5) is 0 Å². The summed E-state index contributed by atoms with van der Waals surface area (Å²) in [5.41, 5.74) is 1.35. The molecule has 0 bridgehead atoms. The number of halogens is 2. The molecular formula is C21H16Cl2N2O2S. The second-order valence-electron chi connectivity index (χ2n) is 5.81. The fourth-order valence-corrected chi connectivity index (χ4v) is 3.53. The van der Waals surface area contributed by atoms with E-state index in [1.807, 2.05) is 23.6 Å². The molecule has 0 spiro atoms. The Morgan fingerprint density at radius 1 is 1.00 bits per heavy atom. The molecule has 142 valence electrons. The molecule has 1 aromatic heterocycles. The minimum absolute atomic E-state index is 0.154. The van der Waals surface area contributed by atoms with E-state index in [-0.39, 0.29) is 18.1 Å². The number of hydrogen-bond donors (Lipinski definition) is 2. The summed E-state index contributed by atoms with van der Waals surface area (Å²) in [7, 11) is 0. The number of rotatable bonds is 6. The molecule has 2 aromatic carbocycles. The summed E-state index contributed by atoms with van der Waals surface area (Å²) < 4.78 is 0. The molecule has 3 rings (SSSR count). The van der Waals surface area contributed by atoms with E-state index in [2.05, 4.69) is 10.6 Å². The summed E-state index contributed by atoms with van der Waals surface area (Å²) >= 11 is 13.5. The molecule has 4 nitrogen and oxygen atoms in total. The molecule has 0 aliphatic rings. The second-order valence-corrected chi connectivity index (χ2v) is 7.63. The van der Waals surface area contributed by atoms with Gasteiger partial charge in [0.25, 0.3) is 11.8 Å². The van der Waals surface area contributed by atoms with Crippen molar-refractivity contribution in [1.29, 1.82) is 0 Å². The predicted octanol–water partition coefficient (Wildman–Crippen LogP) is 5.14. The van der Waals surface area contributed by atoms with Crippen LogP contribution in [0, 0.1) is 0 Å². The molecule has 0 aliphatic heterocycles. The molecule has 2 N–H and O–H groups in total. The first-order valence-corrected chi connectivity index (χ1v) is 10.0. The summed E-state index contributed by atoms with van der Waals surface area (Å²) in [5, 5.41) is 8.36. The predicted molar refractivity (Wildman–Crippen MR) is 115 cm³/mol. The maximum Gasteiger partial charge on any atom is 0.268 e. The Kier molecular flexibility index (Phi) is 6.87. The molecule has 0 atom stereocenters. The molecule has 3 aromatic rings. The van der Waals surface area contributed by atoms with Crippen molar-refractivity contribution in [3.63, 3.8) is 0 Å². The van der Waals surface area contributed by atoms with Crippen LogP contribution in [0.5, 0.6) is 0 Å². The van der Waals surface area contributed by atoms with Crippen molar-refractivity contribution in [2.75, 3.05) is 0 Å². The van der Waals surface area contributed by atoms with E-state index in [1.54, 1.807) is 48.5 Å². The van der Waals surface area contributed by atoms with Crippen LogP contribution in [0.2, 0.25) is 10.0 Å². The van der Waals surface area contributed by atoms with Gasteiger partial charge in [-0.3, -0.25) is 9.59 Å². The number of thiophene rings is 1. The number of benzene rings is 2. The Hall–Kier alpha value is -2.60. The van der Waals surface area contributed by atoms with Gasteiger partial charge in [-0.2, -0.15) is 0 Å². The lowest BCUT2D eigenvalue weighted by Gasteiger charge is -2.12. The number of amides is 2. The van der Waals surface area contributed by atoms with Crippen molar-refractivity contribution in [2.45, 2.75) is 6.54 Å². The van der Waals surface area contributed by atoms with Gasteiger partial charge in [0.2, 0.25) is 0 Å². The average Bonchev–Trinajstić information content (AvgIpc) is 3.20. The van der Waals surface area contributed by atoms with Crippen LogP contribution in [0.25, 0.3) is 6.08 Å². The molecular weight excluding hydrogens is 415 g/mol. The lowest BCUT2D eigenvalue weighted by atomic mass is 10.2. The van der Waals surface area contributed by atoms with Crippen molar-refractivity contribution in [2.24, 2.45) is 0 Å². The van der Waals surface area contributed by atoms with Gasteiger partial charge in [-0.1, -0.05) is 53.5 Å². The van der Waals surface area contributed by atoms with Crippen LogP contribution < -0.4 is 10.6 Å². The number of hydrogen-bond acceptors (Lipinski definition) is 3. The summed E-state index contributed by atoms with van der Waals surface area (Å²) in [6.45, 7) is 0.206. The Labute approximate surface area is 176 Å². The zero-order valence-corrected chi connectivity index (χ0v) is 16.9. The number of carbonyl (C=O) groups excluding carboxylic acids is 2. The van der Waals surface area contributed by atoms with Gasteiger partial charge < -0.3 is 10.6 Å². The Morgan fingerprint density at radius 2 is 1.79 bits per heavy atom. The topological polar surface area (TPSA) is 58.2 Å². The summed E-state index contributed by atoms with van der Waals surface area (Å²) in [4.78, 5) is 26.1. The van der Waals surface area contributed by atoms with Crippen molar-refractivity contribution < 1.29 is 9.59 Å². The molecule has 0 unspecified atom stereocenters. The maximum atomic E-state index is 12.7. The molecule has 0 fully saturated rings. The van der Waals surface area contributed by atoms with E-state index in [0.29, 0.717) is 15.6 Å². The standard InChI is InChI=1S/C21H16Cl2N2O2S/c22-16-9-8-15(18(23)11-16)13-24-21(27)19(12-17-7-4-10-28-17)25-20(26)14-5-2-1-3-6-14/h1-12H,13H2,(H,24,27)(H,25,26)/b19-12-. The van der Waals surface area contributed by atoms with Crippen molar-refractivity contribution in [3.05, 3.63) is 97.8 Å². The highest BCUT2D eigenvalue weighted by Crippen LogP contribution is 2.21. The molecule has 0 radical (unpaired) electrons. The zero-order chi connectivity index (χ0) is 19.9. The summed E-state index contributed by atoms with van der Waals surface area (Å²) in [6.07, 6.45) is 1.64. The number of nitrogens with one attached hydrogen (secondary N) is 2. The van der Waals surface area contributed by atoms with Crippen LogP contribution in [0.3, 0.4) is 0 Å². The molecule has 7 heteroatoms. The minimum atomic E-state index is -0.413. The van der Waals surface area contributed by atoms with Crippen molar-refractivity contribution >= 4 is 52.4 Å². The third-order valence-corrected chi connectivity index (χ3v) is 5.22. The highest BCUT2D eigenvalue weighted by molar-refractivity contribution is 7.10. The lowest BCUT2D eigenvalue weighted by Crippen LogP contribution is -2.34. The Balaban J connectivity index is 1.76. The third-order valence-electron chi connectivity index (χ3n) is 3.81. The molecule has 1 heterocycles. The normalized spacial score (nSPS) is 11.1. The van der Waals surface area contributed by atoms with Crippen LogP contribution in [0.1, 0.15) is 20.8 Å². The van der Waals surface area contributed by atoms with Gasteiger partial charge in [0.05, 0.1) is 0 Å². The van der Waals surface area contributed by atoms with Crippen LogP contribution in [-0.4, -0.2) is 11.8 Å². The molecule has 2 amide bonds. The molecule has 0 saturated heterocycles. The molecule has 28 heavy (non-hydrogen) atoms. The van der Waals surface area contributed by atoms with Gasteiger partial charge in [0, 0.05) is 27.0 Å². The second kappa shape index (κ2) is 9.55. The first-order chi connectivity index (χ1) is 13.5. The van der Waals surface area contributed by atoms with E-state index in [4.69, 9.17) is 23.2 Å². The van der Waals surface area contributed by atoms with Gasteiger partial charge in [0.15, 0.2) is 0 Å². The van der Waals surface area contributed by atoms with Gasteiger partial charge in [-0.15, -0.1) is 11.3 Å². The summed E-state index contributed by atoms with van der Waals surface area (Å²) in [6, 6.07) is 17.5. The lowest BCUT2D eigenvalue weighted by molar-refractivity contribution is -0.117. The fourth-order valence-electron chi connectivity index (χ4n) is 2.39. The van der Waals surface area contributed by atoms with Gasteiger partial charge >= 0.3 is 0 Å². The minimum Gasteiger partial charge on any atom is -0.347 e. The van der Waals surface area contributed by atoms with Crippen LogP contribution in [0.15, 0.2) is 71.7 Å². The molecule has 0 saturated carbocycles. The van der Waals surface area contributed by atoms with Crippen LogP contribution >= 0.6 is 34.5 Å². The van der Waals surface area contributed by atoms with Gasteiger partial charge in [-0.05, 0) is 47.4 Å². The highest BCUT2D eigenvalue weighted by Gasteiger charge is 2.15. The zero-order valence-electron chi connectivity index (χ0n) is 14.6. The first kappa shape index (κ1) is 20.1. The summed E-state index contributed by atoms with van der Waals surface area (Å²) in [5.74, 6) is -0.772. The first-order valence-electron chi connectivity index (χ1n) is 8.36. The Bertz CT molecular complexity index is 1000. The monoisotopic (exact) mass is 430 g/mol. The third kappa shape index (κ3) is 5.45. The van der Waals surface area contributed by atoms with E-state index in [1.165, 1.54) is 11.3 Å². The average molecular weight is 431 g/mol. The fraction of sp³-hybridized carbons (Fsp3) is 0.0476. The quantitative estimate of drug-likeness (QED) is 0.531.